The highest BCUT2D eigenvalue weighted by atomic mass is 35.5. The zero-order valence-corrected chi connectivity index (χ0v) is 11.4. The summed E-state index contributed by atoms with van der Waals surface area (Å²) in [5.74, 6) is 1.57. The van der Waals surface area contributed by atoms with Crippen molar-refractivity contribution < 1.29 is 0 Å². The van der Waals surface area contributed by atoms with Crippen LogP contribution < -0.4 is 4.90 Å². The van der Waals surface area contributed by atoms with Gasteiger partial charge in [0.15, 0.2) is 0 Å². The Labute approximate surface area is 104 Å². The molecule has 1 aromatic heterocycles. The van der Waals surface area contributed by atoms with Gasteiger partial charge in [0.05, 0.1) is 0 Å². The first-order valence-corrected chi connectivity index (χ1v) is 6.38. The van der Waals surface area contributed by atoms with Crippen molar-refractivity contribution in [2.45, 2.75) is 45.5 Å². The molecule has 1 aromatic rings. The summed E-state index contributed by atoms with van der Waals surface area (Å²) in [7, 11) is 2.10. The molecule has 1 atom stereocenters. The first-order valence-electron chi connectivity index (χ1n) is 5.85. The van der Waals surface area contributed by atoms with Crippen molar-refractivity contribution in [3.63, 3.8) is 0 Å². The van der Waals surface area contributed by atoms with E-state index in [0.717, 1.165) is 17.1 Å². The molecule has 0 aliphatic carbocycles. The normalized spacial score (nSPS) is 12.6. The highest BCUT2D eigenvalue weighted by Gasteiger charge is 2.11. The fourth-order valence-corrected chi connectivity index (χ4v) is 2.03. The van der Waals surface area contributed by atoms with Crippen LogP contribution in [0.15, 0.2) is 12.1 Å². The first kappa shape index (κ1) is 13.3. The molecule has 1 unspecified atom stereocenters. The lowest BCUT2D eigenvalue weighted by Crippen LogP contribution is -2.29. The molecule has 2 nitrogen and oxygen atoms in total. The van der Waals surface area contributed by atoms with E-state index >= 15 is 0 Å². The van der Waals surface area contributed by atoms with Crippen LogP contribution in [0.5, 0.6) is 0 Å². The molecule has 0 aliphatic heterocycles. The van der Waals surface area contributed by atoms with Crippen LogP contribution in [-0.2, 0) is 5.88 Å². The van der Waals surface area contributed by atoms with Gasteiger partial charge in [-0.05, 0) is 31.9 Å². The van der Waals surface area contributed by atoms with Crippen molar-refractivity contribution in [2.24, 2.45) is 0 Å². The van der Waals surface area contributed by atoms with Gasteiger partial charge in [0.25, 0.3) is 0 Å². The minimum absolute atomic E-state index is 0.527. The van der Waals surface area contributed by atoms with Gasteiger partial charge >= 0.3 is 0 Å². The molecule has 0 spiro atoms. The predicted molar refractivity (Wildman–Crippen MR) is 71.3 cm³/mol. The molecule has 0 radical (unpaired) electrons. The Morgan fingerprint density at radius 3 is 2.62 bits per heavy atom. The third-order valence-electron chi connectivity index (χ3n) is 3.05. The van der Waals surface area contributed by atoms with Crippen molar-refractivity contribution >= 4 is 17.4 Å². The Kier molecular flexibility index (Phi) is 5.07. The van der Waals surface area contributed by atoms with Crippen molar-refractivity contribution in [3.05, 3.63) is 23.4 Å². The van der Waals surface area contributed by atoms with Gasteiger partial charge in [0.1, 0.15) is 5.82 Å². The number of pyridine rings is 1. The molecule has 16 heavy (non-hydrogen) atoms. The third kappa shape index (κ3) is 3.11. The smallest absolute Gasteiger partial charge is 0.128 e. The quantitative estimate of drug-likeness (QED) is 0.729. The second kappa shape index (κ2) is 6.09. The van der Waals surface area contributed by atoms with Crippen molar-refractivity contribution in [1.29, 1.82) is 0 Å². The highest BCUT2D eigenvalue weighted by molar-refractivity contribution is 6.17. The molecule has 3 heteroatoms. The van der Waals surface area contributed by atoms with Crippen molar-refractivity contribution in [1.82, 2.24) is 4.98 Å². The maximum atomic E-state index is 5.82. The van der Waals surface area contributed by atoms with E-state index in [2.05, 4.69) is 42.9 Å². The van der Waals surface area contributed by atoms with Crippen LogP contribution in [0.4, 0.5) is 5.82 Å². The summed E-state index contributed by atoms with van der Waals surface area (Å²) in [5.41, 5.74) is 2.14. The second-order valence-electron chi connectivity index (χ2n) is 4.30. The average molecular weight is 241 g/mol. The molecule has 0 bridgehead atoms. The van der Waals surface area contributed by atoms with E-state index in [1.807, 2.05) is 6.92 Å². The van der Waals surface area contributed by atoms with E-state index in [1.54, 1.807) is 0 Å². The lowest BCUT2D eigenvalue weighted by atomic mass is 10.1. The first-order chi connectivity index (χ1) is 7.60. The third-order valence-corrected chi connectivity index (χ3v) is 3.34. The van der Waals surface area contributed by atoms with Gasteiger partial charge in [-0.1, -0.05) is 19.4 Å². The van der Waals surface area contributed by atoms with Crippen LogP contribution in [0, 0.1) is 6.92 Å². The van der Waals surface area contributed by atoms with Crippen LogP contribution in [-0.4, -0.2) is 18.1 Å². The number of aryl methyl sites for hydroxylation is 1. The lowest BCUT2D eigenvalue weighted by molar-refractivity contribution is 0.610. The van der Waals surface area contributed by atoms with E-state index < -0.39 is 0 Å². The summed E-state index contributed by atoms with van der Waals surface area (Å²) in [6.07, 6.45) is 2.39. The van der Waals surface area contributed by atoms with Gasteiger partial charge in [-0.15, -0.1) is 11.6 Å². The molecule has 0 saturated carbocycles. The Morgan fingerprint density at radius 1 is 1.44 bits per heavy atom. The molecule has 0 saturated heterocycles. The van der Waals surface area contributed by atoms with Crippen molar-refractivity contribution in [2.75, 3.05) is 11.9 Å². The summed E-state index contributed by atoms with van der Waals surface area (Å²) in [6.45, 7) is 6.45. The maximum absolute atomic E-state index is 5.82. The van der Waals surface area contributed by atoms with Gasteiger partial charge in [0.2, 0.25) is 0 Å². The van der Waals surface area contributed by atoms with E-state index in [0.29, 0.717) is 11.9 Å². The van der Waals surface area contributed by atoms with E-state index in [4.69, 9.17) is 11.6 Å². The number of halogens is 1. The Morgan fingerprint density at radius 2 is 2.12 bits per heavy atom. The summed E-state index contributed by atoms with van der Waals surface area (Å²) < 4.78 is 0. The molecule has 0 aliphatic rings. The molecule has 1 heterocycles. The number of hydrogen-bond acceptors (Lipinski definition) is 2. The number of aromatic nitrogens is 1. The predicted octanol–water partition coefficient (Wildman–Crippen LogP) is 3.75. The molecule has 0 fully saturated rings. The molecule has 1 rings (SSSR count). The van der Waals surface area contributed by atoms with E-state index in [9.17, 15) is 0 Å². The van der Waals surface area contributed by atoms with Gasteiger partial charge in [0, 0.05) is 24.7 Å². The van der Waals surface area contributed by atoms with Gasteiger partial charge in [-0.25, -0.2) is 4.98 Å². The van der Waals surface area contributed by atoms with Crippen LogP contribution >= 0.6 is 11.6 Å². The SMILES string of the molecule is CCCC(C)N(C)c1ccc(CCl)c(C)n1. The minimum atomic E-state index is 0.527. The molecule has 90 valence electrons. The number of rotatable bonds is 5. The fourth-order valence-electron chi connectivity index (χ4n) is 1.75. The number of nitrogens with zero attached hydrogens (tertiary/aromatic N) is 2. The van der Waals surface area contributed by atoms with Crippen LogP contribution in [0.25, 0.3) is 0 Å². The monoisotopic (exact) mass is 240 g/mol. The number of hydrogen-bond donors (Lipinski definition) is 0. The zero-order valence-electron chi connectivity index (χ0n) is 10.6. The van der Waals surface area contributed by atoms with Crippen molar-refractivity contribution in [3.8, 4) is 0 Å². The van der Waals surface area contributed by atoms with E-state index in [-0.39, 0.29) is 0 Å². The standard InChI is InChI=1S/C13H21ClN2/c1-5-6-10(2)16(4)13-8-7-12(9-14)11(3)15-13/h7-8,10H,5-6,9H2,1-4H3. The summed E-state index contributed by atoms with van der Waals surface area (Å²) in [4.78, 5) is 6.82. The van der Waals surface area contributed by atoms with Crippen LogP contribution in [0.1, 0.15) is 37.9 Å². The molecule has 0 amide bonds. The molecular weight excluding hydrogens is 220 g/mol. The van der Waals surface area contributed by atoms with Crippen LogP contribution in [0.3, 0.4) is 0 Å². The molecule has 0 aromatic carbocycles. The summed E-state index contributed by atoms with van der Waals surface area (Å²) in [6, 6.07) is 4.65. The largest absolute Gasteiger partial charge is 0.357 e. The van der Waals surface area contributed by atoms with E-state index in [1.165, 1.54) is 12.8 Å². The number of anilines is 1. The second-order valence-corrected chi connectivity index (χ2v) is 4.56. The highest BCUT2D eigenvalue weighted by Crippen LogP contribution is 2.18. The summed E-state index contributed by atoms with van der Waals surface area (Å²) in [5, 5.41) is 0. The lowest BCUT2D eigenvalue weighted by Gasteiger charge is -2.26. The molecular formula is C13H21ClN2. The van der Waals surface area contributed by atoms with Gasteiger partial charge in [-0.3, -0.25) is 0 Å². The Bertz CT molecular complexity index is 339. The fraction of sp³-hybridized carbons (Fsp3) is 0.615. The van der Waals surface area contributed by atoms with Gasteiger partial charge < -0.3 is 4.90 Å². The minimum Gasteiger partial charge on any atom is -0.357 e. The maximum Gasteiger partial charge on any atom is 0.128 e. The molecule has 0 N–H and O–H groups in total. The number of alkyl halides is 1. The average Bonchev–Trinajstić information content (AvgIpc) is 2.28. The Balaban J connectivity index is 2.84. The Hall–Kier alpha value is -0.760. The summed E-state index contributed by atoms with van der Waals surface area (Å²) >= 11 is 5.82. The topological polar surface area (TPSA) is 16.1 Å². The van der Waals surface area contributed by atoms with Crippen LogP contribution in [0.2, 0.25) is 0 Å². The van der Waals surface area contributed by atoms with Gasteiger partial charge in [-0.2, -0.15) is 0 Å². The zero-order chi connectivity index (χ0) is 12.1.